The van der Waals surface area contributed by atoms with E-state index in [1.807, 2.05) is 13.0 Å². The molecule has 0 saturated heterocycles. The van der Waals surface area contributed by atoms with Gasteiger partial charge in [0.15, 0.2) is 10.8 Å². The van der Waals surface area contributed by atoms with E-state index in [0.29, 0.717) is 21.3 Å². The zero-order valence-corrected chi connectivity index (χ0v) is 18.5. The maximum absolute atomic E-state index is 12.9. The summed E-state index contributed by atoms with van der Waals surface area (Å²) in [6.45, 7) is 8.83. The fourth-order valence-electron chi connectivity index (χ4n) is 2.70. The predicted octanol–water partition coefficient (Wildman–Crippen LogP) is 4.35. The molecule has 0 aliphatic heterocycles. The van der Waals surface area contributed by atoms with Gasteiger partial charge in [0.25, 0.3) is 5.91 Å². The van der Waals surface area contributed by atoms with E-state index < -0.39 is 21.5 Å². The minimum absolute atomic E-state index is 0.00678. The number of para-hydroxylation sites is 1. The molecular formula is C20H23N3O4S2. The molecule has 0 bridgehead atoms. The molecule has 0 spiro atoms. The lowest BCUT2D eigenvalue weighted by atomic mass is 10.1. The van der Waals surface area contributed by atoms with Crippen LogP contribution in [0.5, 0.6) is 0 Å². The summed E-state index contributed by atoms with van der Waals surface area (Å²) in [6, 6.07) is 9.93. The molecule has 3 rings (SSSR count). The van der Waals surface area contributed by atoms with E-state index in [9.17, 15) is 13.2 Å². The minimum atomic E-state index is -3.81. The topological polar surface area (TPSA) is 101 Å². The first-order chi connectivity index (χ1) is 13.5. The van der Waals surface area contributed by atoms with Crippen LogP contribution in [0.3, 0.4) is 0 Å². The molecule has 2 N–H and O–H groups in total. The maximum Gasteiger partial charge on any atom is 0.267 e. The third-order valence-corrected chi connectivity index (χ3v) is 6.81. The van der Waals surface area contributed by atoms with Crippen molar-refractivity contribution < 1.29 is 17.6 Å². The SMILES string of the molecule is Cc1ccc(-c2nc(C)c(C(=O)Nc3ccccc3S(=O)(=O)NC(C)(C)C)s2)o1. The molecule has 0 aliphatic rings. The summed E-state index contributed by atoms with van der Waals surface area (Å²) in [6.07, 6.45) is 0. The number of nitrogens with zero attached hydrogens (tertiary/aromatic N) is 1. The number of hydrogen-bond donors (Lipinski definition) is 2. The molecule has 0 saturated carbocycles. The van der Waals surface area contributed by atoms with Crippen molar-refractivity contribution in [2.75, 3.05) is 5.32 Å². The molecule has 2 aromatic heterocycles. The monoisotopic (exact) mass is 433 g/mol. The highest BCUT2D eigenvalue weighted by atomic mass is 32.2. The van der Waals surface area contributed by atoms with E-state index >= 15 is 0 Å². The first kappa shape index (κ1) is 21.2. The third-order valence-electron chi connectivity index (χ3n) is 3.82. The van der Waals surface area contributed by atoms with Gasteiger partial charge in [0.1, 0.15) is 15.5 Å². The van der Waals surface area contributed by atoms with E-state index in [4.69, 9.17) is 4.42 Å². The molecule has 0 radical (unpaired) electrons. The Morgan fingerprint density at radius 1 is 1.10 bits per heavy atom. The molecule has 1 aromatic carbocycles. The van der Waals surface area contributed by atoms with Crippen molar-refractivity contribution in [2.45, 2.75) is 45.1 Å². The van der Waals surface area contributed by atoms with Crippen LogP contribution >= 0.6 is 11.3 Å². The van der Waals surface area contributed by atoms with Gasteiger partial charge in [-0.1, -0.05) is 12.1 Å². The highest BCUT2D eigenvalue weighted by Gasteiger charge is 2.26. The number of nitrogens with one attached hydrogen (secondary N) is 2. The summed E-state index contributed by atoms with van der Waals surface area (Å²) in [5.41, 5.74) is 0.0995. The summed E-state index contributed by atoms with van der Waals surface area (Å²) in [4.78, 5) is 17.7. The molecule has 3 aromatic rings. The van der Waals surface area contributed by atoms with Crippen LogP contribution in [0.4, 0.5) is 5.69 Å². The molecule has 1 amide bonds. The maximum atomic E-state index is 12.9. The minimum Gasteiger partial charge on any atom is -0.459 e. The molecule has 2 heterocycles. The van der Waals surface area contributed by atoms with Crippen LogP contribution < -0.4 is 10.0 Å². The van der Waals surface area contributed by atoms with Crippen molar-refractivity contribution >= 4 is 33.0 Å². The van der Waals surface area contributed by atoms with E-state index in [1.165, 1.54) is 17.4 Å². The van der Waals surface area contributed by atoms with Crippen LogP contribution in [-0.2, 0) is 10.0 Å². The van der Waals surface area contributed by atoms with E-state index in [2.05, 4.69) is 15.0 Å². The Kier molecular flexibility index (Phi) is 5.66. The lowest BCUT2D eigenvalue weighted by Crippen LogP contribution is -2.40. The van der Waals surface area contributed by atoms with Crippen LogP contribution in [0, 0.1) is 13.8 Å². The van der Waals surface area contributed by atoms with Gasteiger partial charge in [-0.3, -0.25) is 4.79 Å². The van der Waals surface area contributed by atoms with Crippen molar-refractivity contribution in [1.82, 2.24) is 9.71 Å². The lowest BCUT2D eigenvalue weighted by molar-refractivity contribution is 0.102. The summed E-state index contributed by atoms with van der Waals surface area (Å²) in [7, 11) is -3.81. The fraction of sp³-hybridized carbons (Fsp3) is 0.300. The van der Waals surface area contributed by atoms with Crippen LogP contribution in [-0.4, -0.2) is 24.8 Å². The second-order valence-corrected chi connectivity index (χ2v) is 10.3. The zero-order chi connectivity index (χ0) is 21.4. The second-order valence-electron chi connectivity index (χ2n) is 7.65. The van der Waals surface area contributed by atoms with Crippen molar-refractivity contribution in [3.05, 3.63) is 52.7 Å². The predicted molar refractivity (Wildman–Crippen MR) is 114 cm³/mol. The number of sulfonamides is 1. The largest absolute Gasteiger partial charge is 0.459 e. The molecule has 154 valence electrons. The fourth-order valence-corrected chi connectivity index (χ4v) is 5.21. The Bertz CT molecular complexity index is 1150. The lowest BCUT2D eigenvalue weighted by Gasteiger charge is -2.21. The normalized spacial score (nSPS) is 12.2. The van der Waals surface area contributed by atoms with E-state index in [-0.39, 0.29) is 10.6 Å². The number of carbonyl (C=O) groups is 1. The second kappa shape index (κ2) is 7.74. The van der Waals surface area contributed by atoms with Gasteiger partial charge in [-0.25, -0.2) is 18.1 Å². The third kappa shape index (κ3) is 4.92. The first-order valence-electron chi connectivity index (χ1n) is 8.95. The number of furan rings is 1. The highest BCUT2D eigenvalue weighted by molar-refractivity contribution is 7.89. The average Bonchev–Trinajstić information content (AvgIpc) is 3.19. The van der Waals surface area contributed by atoms with Gasteiger partial charge in [0.2, 0.25) is 10.0 Å². The highest BCUT2D eigenvalue weighted by Crippen LogP contribution is 2.30. The Morgan fingerprint density at radius 2 is 1.79 bits per heavy atom. The number of aromatic nitrogens is 1. The molecule has 9 heteroatoms. The Balaban J connectivity index is 1.90. The van der Waals surface area contributed by atoms with Crippen molar-refractivity contribution in [1.29, 1.82) is 0 Å². The Hall–Kier alpha value is -2.49. The first-order valence-corrected chi connectivity index (χ1v) is 11.2. The van der Waals surface area contributed by atoms with Crippen molar-refractivity contribution in [3.8, 4) is 10.8 Å². The van der Waals surface area contributed by atoms with Crippen LogP contribution in [0.15, 0.2) is 45.7 Å². The van der Waals surface area contributed by atoms with Crippen LogP contribution in [0.25, 0.3) is 10.8 Å². The summed E-state index contributed by atoms with van der Waals surface area (Å²) >= 11 is 1.19. The molecule has 7 nitrogen and oxygen atoms in total. The molecule has 0 fully saturated rings. The molecular weight excluding hydrogens is 410 g/mol. The number of rotatable bonds is 5. The number of carbonyl (C=O) groups excluding carboxylic acids is 1. The standard InChI is InChI=1S/C20H23N3O4S2/c1-12-10-11-15(27-12)19-21-13(2)17(28-19)18(24)22-14-8-6-7-9-16(14)29(25,26)23-20(3,4)5/h6-11,23H,1-5H3,(H,22,24). The Labute approximate surface area is 174 Å². The molecule has 0 aliphatic carbocycles. The number of amides is 1. The van der Waals surface area contributed by atoms with Crippen LogP contribution in [0.2, 0.25) is 0 Å². The zero-order valence-electron chi connectivity index (χ0n) is 16.9. The van der Waals surface area contributed by atoms with E-state index in [0.717, 1.165) is 5.76 Å². The Morgan fingerprint density at radius 3 is 2.41 bits per heavy atom. The van der Waals surface area contributed by atoms with E-state index in [1.54, 1.807) is 52.0 Å². The van der Waals surface area contributed by atoms with Gasteiger partial charge >= 0.3 is 0 Å². The van der Waals surface area contributed by atoms with Gasteiger partial charge in [-0.2, -0.15) is 0 Å². The van der Waals surface area contributed by atoms with Crippen LogP contribution in [0.1, 0.15) is 41.9 Å². The van der Waals surface area contributed by atoms with Gasteiger partial charge in [-0.15, -0.1) is 11.3 Å². The number of benzene rings is 1. The van der Waals surface area contributed by atoms with Gasteiger partial charge in [0.05, 0.1) is 11.4 Å². The molecule has 0 atom stereocenters. The summed E-state index contributed by atoms with van der Waals surface area (Å²) in [5.74, 6) is 0.921. The molecule has 0 unspecified atom stereocenters. The van der Waals surface area contributed by atoms with Gasteiger partial charge in [0, 0.05) is 5.54 Å². The average molecular weight is 434 g/mol. The molecule has 29 heavy (non-hydrogen) atoms. The quantitative estimate of drug-likeness (QED) is 0.623. The van der Waals surface area contributed by atoms with Crippen molar-refractivity contribution in [2.24, 2.45) is 0 Å². The smallest absolute Gasteiger partial charge is 0.267 e. The summed E-state index contributed by atoms with van der Waals surface area (Å²) in [5, 5.41) is 3.30. The number of hydrogen-bond acceptors (Lipinski definition) is 6. The number of anilines is 1. The number of aryl methyl sites for hydroxylation is 2. The summed E-state index contributed by atoms with van der Waals surface area (Å²) < 4.78 is 33.7. The van der Waals surface area contributed by atoms with Gasteiger partial charge < -0.3 is 9.73 Å². The van der Waals surface area contributed by atoms with Crippen molar-refractivity contribution in [3.63, 3.8) is 0 Å². The number of thiazole rings is 1. The van der Waals surface area contributed by atoms with Gasteiger partial charge in [-0.05, 0) is 58.9 Å².